The van der Waals surface area contributed by atoms with Gasteiger partial charge in [-0.25, -0.2) is 14.6 Å². The number of aromatic carboxylic acids is 1. The lowest BCUT2D eigenvalue weighted by atomic mass is 10.1. The summed E-state index contributed by atoms with van der Waals surface area (Å²) in [5.74, 6) is -0.525. The number of nitrogens with two attached hydrogens (primary N) is 1. The van der Waals surface area contributed by atoms with Crippen molar-refractivity contribution in [1.29, 1.82) is 0 Å². The van der Waals surface area contributed by atoms with E-state index in [9.17, 15) is 9.59 Å². The average Bonchev–Trinajstić information content (AvgIpc) is 2.85. The van der Waals surface area contributed by atoms with Crippen molar-refractivity contribution < 1.29 is 19.4 Å². The van der Waals surface area contributed by atoms with Gasteiger partial charge in [-0.05, 0) is 17.7 Å². The highest BCUT2D eigenvalue weighted by atomic mass is 16.5. The Hall–Kier alpha value is -2.83. The first-order chi connectivity index (χ1) is 9.06. The lowest BCUT2D eigenvalue weighted by molar-refractivity contribution is 0.0697. The second kappa shape index (κ2) is 5.21. The lowest BCUT2D eigenvalue weighted by Crippen LogP contribution is -2.13. The fourth-order valence-corrected chi connectivity index (χ4v) is 1.51. The molecule has 0 spiro atoms. The molecular formula is C12H11N3O4. The van der Waals surface area contributed by atoms with Gasteiger partial charge in [-0.3, -0.25) is 0 Å². The van der Waals surface area contributed by atoms with Gasteiger partial charge < -0.3 is 20.6 Å². The van der Waals surface area contributed by atoms with Crippen LogP contribution in [-0.4, -0.2) is 27.1 Å². The monoisotopic (exact) mass is 261 g/mol. The van der Waals surface area contributed by atoms with Gasteiger partial charge in [0.1, 0.15) is 5.82 Å². The SMILES string of the molecule is NC(=O)OCc1ncc(-c2ccc(C(=O)O)cc2)[nH]1. The van der Waals surface area contributed by atoms with E-state index in [1.54, 1.807) is 18.3 Å². The second-order valence-corrected chi connectivity index (χ2v) is 3.73. The zero-order valence-corrected chi connectivity index (χ0v) is 9.79. The molecule has 1 aromatic carbocycles. The summed E-state index contributed by atoms with van der Waals surface area (Å²) in [5.41, 5.74) is 6.53. The Kier molecular flexibility index (Phi) is 3.46. The van der Waals surface area contributed by atoms with Crippen LogP contribution in [0.4, 0.5) is 4.79 Å². The van der Waals surface area contributed by atoms with E-state index >= 15 is 0 Å². The molecule has 0 fully saturated rings. The lowest BCUT2D eigenvalue weighted by Gasteiger charge is -1.99. The summed E-state index contributed by atoms with van der Waals surface area (Å²) in [5, 5.41) is 8.79. The normalized spacial score (nSPS) is 10.1. The molecule has 0 radical (unpaired) electrons. The molecule has 1 heterocycles. The standard InChI is InChI=1S/C12H11N3O4/c13-12(18)19-6-10-14-5-9(15-10)7-1-3-8(4-2-7)11(16)17/h1-5H,6H2,(H2,13,18)(H,14,15)(H,16,17). The van der Waals surface area contributed by atoms with Crippen molar-refractivity contribution in [3.63, 3.8) is 0 Å². The van der Waals surface area contributed by atoms with Gasteiger partial charge in [0.15, 0.2) is 6.61 Å². The molecule has 1 amide bonds. The van der Waals surface area contributed by atoms with Gasteiger partial charge in [-0.2, -0.15) is 0 Å². The average molecular weight is 261 g/mol. The number of aromatic nitrogens is 2. The van der Waals surface area contributed by atoms with Gasteiger partial charge >= 0.3 is 12.1 Å². The number of rotatable bonds is 4. The van der Waals surface area contributed by atoms with Crippen LogP contribution in [0.1, 0.15) is 16.2 Å². The van der Waals surface area contributed by atoms with Gasteiger partial charge in [-0.1, -0.05) is 12.1 Å². The summed E-state index contributed by atoms with van der Waals surface area (Å²) in [7, 11) is 0. The number of H-pyrrole nitrogens is 1. The molecule has 0 saturated carbocycles. The molecule has 0 saturated heterocycles. The predicted octanol–water partition coefficient (Wildman–Crippen LogP) is 1.37. The van der Waals surface area contributed by atoms with Crippen LogP contribution in [0.2, 0.25) is 0 Å². The van der Waals surface area contributed by atoms with Gasteiger partial charge in [-0.15, -0.1) is 0 Å². The molecular weight excluding hydrogens is 250 g/mol. The molecule has 7 heteroatoms. The summed E-state index contributed by atoms with van der Waals surface area (Å²) in [6.07, 6.45) is 0.693. The Morgan fingerprint density at radius 2 is 2.00 bits per heavy atom. The molecule has 4 N–H and O–H groups in total. The Balaban J connectivity index is 2.13. The number of imidazole rings is 1. The number of hydrogen-bond donors (Lipinski definition) is 3. The van der Waals surface area contributed by atoms with E-state index in [1.807, 2.05) is 0 Å². The van der Waals surface area contributed by atoms with E-state index in [0.717, 1.165) is 5.56 Å². The number of aromatic amines is 1. The van der Waals surface area contributed by atoms with Crippen LogP contribution in [0.5, 0.6) is 0 Å². The summed E-state index contributed by atoms with van der Waals surface area (Å²) in [4.78, 5) is 28.1. The van der Waals surface area contributed by atoms with Crippen molar-refractivity contribution >= 4 is 12.1 Å². The number of carbonyl (C=O) groups is 2. The third-order valence-corrected chi connectivity index (χ3v) is 2.42. The number of carbonyl (C=O) groups excluding carboxylic acids is 1. The zero-order valence-electron chi connectivity index (χ0n) is 9.79. The Bertz CT molecular complexity index is 604. The van der Waals surface area contributed by atoms with E-state index < -0.39 is 12.1 Å². The third-order valence-electron chi connectivity index (χ3n) is 2.42. The first-order valence-electron chi connectivity index (χ1n) is 5.36. The van der Waals surface area contributed by atoms with E-state index in [-0.39, 0.29) is 12.2 Å². The highest BCUT2D eigenvalue weighted by Gasteiger charge is 2.06. The number of ether oxygens (including phenoxy) is 1. The van der Waals surface area contributed by atoms with Crippen molar-refractivity contribution in [2.45, 2.75) is 6.61 Å². The van der Waals surface area contributed by atoms with E-state index in [4.69, 9.17) is 10.8 Å². The molecule has 19 heavy (non-hydrogen) atoms. The molecule has 2 rings (SSSR count). The predicted molar refractivity (Wildman–Crippen MR) is 65.4 cm³/mol. The first kappa shape index (κ1) is 12.6. The molecule has 0 aliphatic heterocycles. The first-order valence-corrected chi connectivity index (χ1v) is 5.36. The number of hydrogen-bond acceptors (Lipinski definition) is 4. The van der Waals surface area contributed by atoms with Crippen LogP contribution in [0.3, 0.4) is 0 Å². The van der Waals surface area contributed by atoms with E-state index in [0.29, 0.717) is 11.5 Å². The maximum Gasteiger partial charge on any atom is 0.404 e. The minimum atomic E-state index is -0.980. The van der Waals surface area contributed by atoms with Crippen LogP contribution in [0.15, 0.2) is 30.5 Å². The smallest absolute Gasteiger partial charge is 0.404 e. The van der Waals surface area contributed by atoms with Gasteiger partial charge in [0.25, 0.3) is 0 Å². The number of primary amides is 1. The molecule has 0 atom stereocenters. The van der Waals surface area contributed by atoms with Crippen molar-refractivity contribution in [2.75, 3.05) is 0 Å². The molecule has 1 aromatic heterocycles. The largest absolute Gasteiger partial charge is 0.478 e. The quantitative estimate of drug-likeness (QED) is 0.768. The van der Waals surface area contributed by atoms with Crippen molar-refractivity contribution in [3.05, 3.63) is 41.9 Å². The zero-order chi connectivity index (χ0) is 13.8. The second-order valence-electron chi connectivity index (χ2n) is 3.73. The molecule has 0 aliphatic rings. The van der Waals surface area contributed by atoms with Crippen LogP contribution in [0.25, 0.3) is 11.3 Å². The fourth-order valence-electron chi connectivity index (χ4n) is 1.51. The Morgan fingerprint density at radius 1 is 1.32 bits per heavy atom. The summed E-state index contributed by atoms with van der Waals surface area (Å²) in [6.45, 7) is -0.0391. The van der Waals surface area contributed by atoms with Gasteiger partial charge in [0, 0.05) is 0 Å². The molecule has 0 aliphatic carbocycles. The number of carboxylic acid groups (broad SMARTS) is 1. The minimum Gasteiger partial charge on any atom is -0.478 e. The summed E-state index contributed by atoms with van der Waals surface area (Å²) in [6, 6.07) is 6.32. The Labute approximate surface area is 108 Å². The molecule has 0 bridgehead atoms. The molecule has 0 unspecified atom stereocenters. The van der Waals surface area contributed by atoms with Crippen LogP contribution in [-0.2, 0) is 11.3 Å². The number of benzene rings is 1. The molecule has 98 valence electrons. The number of nitrogens with one attached hydrogen (secondary N) is 1. The molecule has 7 nitrogen and oxygen atoms in total. The van der Waals surface area contributed by atoms with Gasteiger partial charge in [0.05, 0.1) is 17.5 Å². The third kappa shape index (κ3) is 3.09. The maximum absolute atomic E-state index is 10.7. The van der Waals surface area contributed by atoms with Crippen LogP contribution < -0.4 is 5.73 Å². The van der Waals surface area contributed by atoms with Gasteiger partial charge in [0.2, 0.25) is 0 Å². The topological polar surface area (TPSA) is 118 Å². The van der Waals surface area contributed by atoms with Crippen LogP contribution in [0, 0.1) is 0 Å². The van der Waals surface area contributed by atoms with Crippen molar-refractivity contribution in [2.24, 2.45) is 5.73 Å². The summed E-state index contributed by atoms with van der Waals surface area (Å²) < 4.78 is 4.60. The maximum atomic E-state index is 10.7. The fraction of sp³-hybridized carbons (Fsp3) is 0.0833. The number of nitrogens with zero attached hydrogens (tertiary/aromatic N) is 1. The van der Waals surface area contributed by atoms with Crippen LogP contribution >= 0.6 is 0 Å². The highest BCUT2D eigenvalue weighted by molar-refractivity contribution is 5.88. The number of carboxylic acids is 1. The minimum absolute atomic E-state index is 0.0391. The summed E-state index contributed by atoms with van der Waals surface area (Å²) >= 11 is 0. The number of amides is 1. The van der Waals surface area contributed by atoms with Crippen molar-refractivity contribution in [3.8, 4) is 11.3 Å². The van der Waals surface area contributed by atoms with Crippen molar-refractivity contribution in [1.82, 2.24) is 9.97 Å². The highest BCUT2D eigenvalue weighted by Crippen LogP contribution is 2.18. The van der Waals surface area contributed by atoms with E-state index in [1.165, 1.54) is 12.1 Å². The molecule has 2 aromatic rings. The van der Waals surface area contributed by atoms with E-state index in [2.05, 4.69) is 14.7 Å². The Morgan fingerprint density at radius 3 is 2.58 bits per heavy atom.